The topological polar surface area (TPSA) is 38.7 Å². The van der Waals surface area contributed by atoms with Crippen molar-refractivity contribution in [1.29, 1.82) is 0 Å². The molecular formula is C12H14F4O3. The Bertz CT molecular complexity index is 406. The van der Waals surface area contributed by atoms with Crippen LogP contribution in [0.5, 0.6) is 5.75 Å². The highest BCUT2D eigenvalue weighted by molar-refractivity contribution is 5.32. The van der Waals surface area contributed by atoms with Gasteiger partial charge in [0.2, 0.25) is 0 Å². The first-order chi connectivity index (χ1) is 8.85. The van der Waals surface area contributed by atoms with Gasteiger partial charge < -0.3 is 14.6 Å². The Morgan fingerprint density at radius 2 is 2.00 bits per heavy atom. The van der Waals surface area contributed by atoms with Gasteiger partial charge in [-0.2, -0.15) is 13.2 Å². The van der Waals surface area contributed by atoms with Crippen molar-refractivity contribution >= 4 is 0 Å². The molecule has 7 heteroatoms. The van der Waals surface area contributed by atoms with Crippen LogP contribution in [0, 0.1) is 5.82 Å². The van der Waals surface area contributed by atoms with E-state index in [0.29, 0.717) is 0 Å². The molecule has 0 spiro atoms. The molecule has 108 valence electrons. The molecule has 0 aliphatic heterocycles. The van der Waals surface area contributed by atoms with E-state index >= 15 is 0 Å². The monoisotopic (exact) mass is 282 g/mol. The van der Waals surface area contributed by atoms with E-state index in [9.17, 15) is 22.7 Å². The fourth-order valence-electron chi connectivity index (χ4n) is 1.48. The maximum absolute atomic E-state index is 13.7. The van der Waals surface area contributed by atoms with Gasteiger partial charge in [-0.15, -0.1) is 0 Å². The van der Waals surface area contributed by atoms with Crippen LogP contribution in [0.3, 0.4) is 0 Å². The van der Waals surface area contributed by atoms with Gasteiger partial charge in [0, 0.05) is 18.6 Å². The highest BCUT2D eigenvalue weighted by Crippen LogP contribution is 2.26. The van der Waals surface area contributed by atoms with Crippen molar-refractivity contribution in [2.24, 2.45) is 0 Å². The van der Waals surface area contributed by atoms with E-state index in [2.05, 4.69) is 4.74 Å². The summed E-state index contributed by atoms with van der Waals surface area (Å²) in [6.45, 7) is -1.71. The van der Waals surface area contributed by atoms with E-state index < -0.39 is 24.7 Å². The van der Waals surface area contributed by atoms with Crippen molar-refractivity contribution in [1.82, 2.24) is 0 Å². The molecule has 0 fully saturated rings. The molecule has 0 aliphatic carbocycles. The summed E-state index contributed by atoms with van der Waals surface area (Å²) in [5.74, 6) is -0.763. The van der Waals surface area contributed by atoms with Crippen molar-refractivity contribution in [3.8, 4) is 5.75 Å². The van der Waals surface area contributed by atoms with Gasteiger partial charge in [-0.3, -0.25) is 0 Å². The molecule has 0 bridgehead atoms. The van der Waals surface area contributed by atoms with Crippen LogP contribution in [0.25, 0.3) is 0 Å². The summed E-state index contributed by atoms with van der Waals surface area (Å²) in [5, 5.41) is 9.69. The second-order valence-electron chi connectivity index (χ2n) is 3.84. The summed E-state index contributed by atoms with van der Waals surface area (Å²) in [6, 6.07) is 4.20. The zero-order chi connectivity index (χ0) is 14.5. The molecule has 19 heavy (non-hydrogen) atoms. The summed E-state index contributed by atoms with van der Waals surface area (Å²) in [6.07, 6.45) is -5.80. The molecular weight excluding hydrogens is 268 g/mol. The Morgan fingerprint density at radius 1 is 1.32 bits per heavy atom. The molecule has 1 unspecified atom stereocenters. The van der Waals surface area contributed by atoms with Crippen LogP contribution in [-0.4, -0.2) is 31.6 Å². The Balaban J connectivity index is 2.52. The first-order valence-corrected chi connectivity index (χ1v) is 5.50. The van der Waals surface area contributed by atoms with Crippen molar-refractivity contribution in [2.45, 2.75) is 18.7 Å². The van der Waals surface area contributed by atoms with Crippen molar-refractivity contribution in [3.63, 3.8) is 0 Å². The lowest BCUT2D eigenvalue weighted by Gasteiger charge is -2.14. The average Bonchev–Trinajstić information content (AvgIpc) is 2.33. The number of aliphatic hydroxyl groups excluding tert-OH is 1. The summed E-state index contributed by atoms with van der Waals surface area (Å²) in [7, 11) is 1.28. The third-order valence-electron chi connectivity index (χ3n) is 2.37. The average molecular weight is 282 g/mol. The predicted molar refractivity (Wildman–Crippen MR) is 59.4 cm³/mol. The number of ether oxygens (including phenoxy) is 2. The Labute approximate surface area is 107 Å². The second-order valence-corrected chi connectivity index (χ2v) is 3.84. The predicted octanol–water partition coefficient (Wildman–Crippen LogP) is 2.84. The number of alkyl halides is 3. The van der Waals surface area contributed by atoms with Crippen LogP contribution >= 0.6 is 0 Å². The van der Waals surface area contributed by atoms with E-state index in [4.69, 9.17) is 4.74 Å². The molecule has 3 nitrogen and oxygen atoms in total. The lowest BCUT2D eigenvalue weighted by Crippen LogP contribution is -2.18. The molecule has 0 aliphatic rings. The fourth-order valence-corrected chi connectivity index (χ4v) is 1.48. The van der Waals surface area contributed by atoms with E-state index in [1.165, 1.54) is 25.3 Å². The number of aliphatic hydroxyl groups is 1. The minimum Gasteiger partial charge on any atom is -0.494 e. The minimum absolute atomic E-state index is 0.0324. The molecule has 0 saturated heterocycles. The number of rotatable bonds is 6. The van der Waals surface area contributed by atoms with Gasteiger partial charge >= 0.3 is 6.18 Å². The molecule has 1 rings (SSSR count). The second kappa shape index (κ2) is 6.72. The van der Waals surface area contributed by atoms with Crippen LogP contribution in [0.2, 0.25) is 0 Å². The summed E-state index contributed by atoms with van der Waals surface area (Å²) >= 11 is 0. The van der Waals surface area contributed by atoms with Crippen molar-refractivity contribution < 1.29 is 32.1 Å². The third kappa shape index (κ3) is 5.04. The first kappa shape index (κ1) is 15.7. The molecule has 1 atom stereocenters. The number of hydrogen-bond donors (Lipinski definition) is 1. The molecule has 1 aromatic rings. The van der Waals surface area contributed by atoms with Crippen LogP contribution in [0.15, 0.2) is 18.2 Å². The Hall–Kier alpha value is -1.34. The molecule has 1 N–H and O–H groups in total. The first-order valence-electron chi connectivity index (χ1n) is 5.50. The maximum atomic E-state index is 13.7. The van der Waals surface area contributed by atoms with Gasteiger partial charge in [0.1, 0.15) is 6.61 Å². The number of methoxy groups -OCH3 is 1. The van der Waals surface area contributed by atoms with Crippen molar-refractivity contribution in [2.75, 3.05) is 20.3 Å². The highest BCUT2D eigenvalue weighted by atomic mass is 19.4. The zero-order valence-electron chi connectivity index (χ0n) is 10.2. The van der Waals surface area contributed by atoms with E-state index in [1.54, 1.807) is 0 Å². The van der Waals surface area contributed by atoms with Crippen molar-refractivity contribution in [3.05, 3.63) is 29.6 Å². The van der Waals surface area contributed by atoms with Gasteiger partial charge in [-0.1, -0.05) is 12.1 Å². The van der Waals surface area contributed by atoms with Crippen LogP contribution < -0.4 is 4.74 Å². The Morgan fingerprint density at radius 3 is 2.58 bits per heavy atom. The van der Waals surface area contributed by atoms with Gasteiger partial charge in [0.25, 0.3) is 0 Å². The standard InChI is InChI=1S/C12H14F4O3/c1-18-10-4-2-3-8(11(10)13)9(17)5-6-19-7-12(14,15)16/h2-4,9,17H,5-7H2,1H3. The van der Waals surface area contributed by atoms with Crippen LogP contribution in [0.4, 0.5) is 17.6 Å². The normalized spacial score (nSPS) is 13.4. The summed E-state index contributed by atoms with van der Waals surface area (Å²) in [4.78, 5) is 0. The maximum Gasteiger partial charge on any atom is 0.411 e. The number of hydrogen-bond acceptors (Lipinski definition) is 3. The largest absolute Gasteiger partial charge is 0.494 e. The van der Waals surface area contributed by atoms with E-state index in [-0.39, 0.29) is 24.3 Å². The molecule has 0 saturated carbocycles. The SMILES string of the molecule is COc1cccc(C(O)CCOCC(F)(F)F)c1F. The molecule has 1 aromatic carbocycles. The fraction of sp³-hybridized carbons (Fsp3) is 0.500. The number of halogens is 4. The van der Waals surface area contributed by atoms with Gasteiger partial charge in [0.05, 0.1) is 13.2 Å². The molecule has 0 aromatic heterocycles. The molecule has 0 amide bonds. The van der Waals surface area contributed by atoms with Crippen LogP contribution in [-0.2, 0) is 4.74 Å². The molecule has 0 heterocycles. The smallest absolute Gasteiger partial charge is 0.411 e. The summed E-state index contributed by atoms with van der Waals surface area (Å²) in [5.41, 5.74) is -0.0324. The lowest BCUT2D eigenvalue weighted by molar-refractivity contribution is -0.175. The highest BCUT2D eigenvalue weighted by Gasteiger charge is 2.27. The summed E-state index contributed by atoms with van der Waals surface area (Å²) < 4.78 is 58.2. The lowest BCUT2D eigenvalue weighted by atomic mass is 10.1. The molecule has 0 radical (unpaired) electrons. The Kier molecular flexibility index (Phi) is 5.56. The third-order valence-corrected chi connectivity index (χ3v) is 2.37. The quantitative estimate of drug-likeness (QED) is 0.644. The zero-order valence-corrected chi connectivity index (χ0v) is 10.2. The van der Waals surface area contributed by atoms with Crippen LogP contribution in [0.1, 0.15) is 18.1 Å². The van der Waals surface area contributed by atoms with Gasteiger partial charge in [-0.25, -0.2) is 4.39 Å². The number of benzene rings is 1. The van der Waals surface area contributed by atoms with Gasteiger partial charge in [0.15, 0.2) is 11.6 Å². The van der Waals surface area contributed by atoms with E-state index in [0.717, 1.165) is 0 Å². The van der Waals surface area contributed by atoms with Gasteiger partial charge in [-0.05, 0) is 6.07 Å². The minimum atomic E-state index is -4.41. The van der Waals surface area contributed by atoms with E-state index in [1.807, 2.05) is 0 Å².